The molecule has 2 rings (SSSR count). The van der Waals surface area contributed by atoms with E-state index in [0.717, 1.165) is 12.2 Å². The van der Waals surface area contributed by atoms with Crippen LogP contribution in [0.15, 0.2) is 18.3 Å². The number of nitrogens with one attached hydrogen (secondary N) is 1. The fourth-order valence-corrected chi connectivity index (χ4v) is 2.00. The summed E-state index contributed by atoms with van der Waals surface area (Å²) in [5.41, 5.74) is 0.306. The van der Waals surface area contributed by atoms with Crippen molar-refractivity contribution in [2.75, 3.05) is 5.32 Å². The van der Waals surface area contributed by atoms with E-state index in [-0.39, 0.29) is 0 Å². The van der Waals surface area contributed by atoms with Gasteiger partial charge >= 0.3 is 0 Å². The summed E-state index contributed by atoms with van der Waals surface area (Å²) in [6.07, 6.45) is 6.69. The molecule has 14 heavy (non-hydrogen) atoms. The van der Waals surface area contributed by atoms with Crippen LogP contribution >= 0.6 is 11.6 Å². The van der Waals surface area contributed by atoms with Crippen molar-refractivity contribution in [3.05, 3.63) is 23.4 Å². The smallest absolute Gasteiger partial charge is 0.126 e. The van der Waals surface area contributed by atoms with E-state index in [1.54, 1.807) is 6.20 Å². The first-order chi connectivity index (χ1) is 6.74. The second-order valence-electron chi connectivity index (χ2n) is 3.97. The van der Waals surface area contributed by atoms with E-state index in [0.29, 0.717) is 10.6 Å². The minimum Gasteiger partial charge on any atom is -0.365 e. The highest BCUT2D eigenvalue weighted by atomic mass is 35.5. The molecular weight excluding hydrogens is 196 g/mol. The van der Waals surface area contributed by atoms with Gasteiger partial charge in [0.25, 0.3) is 0 Å². The summed E-state index contributed by atoms with van der Waals surface area (Å²) in [6, 6.07) is 3.82. The van der Waals surface area contributed by atoms with Gasteiger partial charge in [-0.3, -0.25) is 0 Å². The average Bonchev–Trinajstić information content (AvgIpc) is 2.15. The third-order valence-corrected chi connectivity index (χ3v) is 3.33. The lowest BCUT2D eigenvalue weighted by Crippen LogP contribution is -2.44. The minimum atomic E-state index is 0.306. The Morgan fingerprint density at radius 1 is 1.50 bits per heavy atom. The van der Waals surface area contributed by atoms with Crippen molar-refractivity contribution in [3.8, 4) is 0 Å². The van der Waals surface area contributed by atoms with Gasteiger partial charge in [-0.2, -0.15) is 0 Å². The number of hydrogen-bond acceptors (Lipinski definition) is 2. The van der Waals surface area contributed by atoms with Crippen LogP contribution in [0.3, 0.4) is 0 Å². The van der Waals surface area contributed by atoms with Crippen LogP contribution in [0.25, 0.3) is 0 Å². The fourth-order valence-electron chi connectivity index (χ4n) is 1.89. The Morgan fingerprint density at radius 3 is 2.71 bits per heavy atom. The second-order valence-corrected chi connectivity index (χ2v) is 4.41. The normalized spacial score (nSPS) is 18.7. The van der Waals surface area contributed by atoms with Crippen molar-refractivity contribution in [1.29, 1.82) is 0 Å². The molecule has 0 aromatic carbocycles. The first kappa shape index (κ1) is 9.78. The van der Waals surface area contributed by atoms with Gasteiger partial charge in [0.15, 0.2) is 0 Å². The second kappa shape index (κ2) is 3.77. The Kier molecular flexibility index (Phi) is 2.64. The van der Waals surface area contributed by atoms with Crippen LogP contribution in [0.5, 0.6) is 0 Å². The highest BCUT2D eigenvalue weighted by Crippen LogP contribution is 2.37. The van der Waals surface area contributed by atoms with Crippen LogP contribution in [0.1, 0.15) is 32.6 Å². The van der Waals surface area contributed by atoms with E-state index in [1.165, 1.54) is 19.3 Å². The Bertz CT molecular complexity index is 298. The van der Waals surface area contributed by atoms with Gasteiger partial charge in [-0.1, -0.05) is 18.5 Å². The molecule has 0 aliphatic heterocycles. The number of pyridine rings is 1. The maximum Gasteiger partial charge on any atom is 0.126 e. The summed E-state index contributed by atoms with van der Waals surface area (Å²) in [6.45, 7) is 2.22. The molecule has 1 aromatic heterocycles. The van der Waals surface area contributed by atoms with Crippen molar-refractivity contribution in [3.63, 3.8) is 0 Å². The zero-order valence-corrected chi connectivity index (χ0v) is 9.14. The molecule has 0 saturated heterocycles. The molecule has 0 unspecified atom stereocenters. The van der Waals surface area contributed by atoms with Crippen LogP contribution in [-0.2, 0) is 0 Å². The van der Waals surface area contributed by atoms with Crippen molar-refractivity contribution < 1.29 is 0 Å². The van der Waals surface area contributed by atoms with Gasteiger partial charge in [0.1, 0.15) is 5.82 Å². The molecule has 0 spiro atoms. The van der Waals surface area contributed by atoms with Gasteiger partial charge in [0.05, 0.1) is 5.02 Å². The largest absolute Gasteiger partial charge is 0.365 e. The SMILES string of the molecule is CCC1(Nc2ccc(Cl)cn2)CCC1. The molecule has 76 valence electrons. The van der Waals surface area contributed by atoms with E-state index in [2.05, 4.69) is 17.2 Å². The van der Waals surface area contributed by atoms with E-state index in [4.69, 9.17) is 11.6 Å². The molecule has 1 fully saturated rings. The summed E-state index contributed by atoms with van der Waals surface area (Å²) >= 11 is 5.77. The summed E-state index contributed by atoms with van der Waals surface area (Å²) < 4.78 is 0. The zero-order valence-electron chi connectivity index (χ0n) is 8.39. The molecule has 0 atom stereocenters. The van der Waals surface area contributed by atoms with E-state index in [9.17, 15) is 0 Å². The number of hydrogen-bond donors (Lipinski definition) is 1. The summed E-state index contributed by atoms with van der Waals surface area (Å²) in [7, 11) is 0. The van der Waals surface area contributed by atoms with Crippen LogP contribution in [0.2, 0.25) is 5.02 Å². The quantitative estimate of drug-likeness (QED) is 0.827. The third-order valence-electron chi connectivity index (χ3n) is 3.11. The molecule has 1 aliphatic rings. The molecule has 2 nitrogen and oxygen atoms in total. The van der Waals surface area contributed by atoms with E-state index >= 15 is 0 Å². The van der Waals surface area contributed by atoms with Crippen LogP contribution in [-0.4, -0.2) is 10.5 Å². The number of aromatic nitrogens is 1. The number of halogens is 1. The summed E-state index contributed by atoms with van der Waals surface area (Å²) in [4.78, 5) is 4.25. The monoisotopic (exact) mass is 210 g/mol. The minimum absolute atomic E-state index is 0.306. The topological polar surface area (TPSA) is 24.9 Å². The van der Waals surface area contributed by atoms with Crippen molar-refractivity contribution >= 4 is 17.4 Å². The predicted octanol–water partition coefficient (Wildman–Crippen LogP) is 3.48. The first-order valence-electron chi connectivity index (χ1n) is 5.14. The van der Waals surface area contributed by atoms with Gasteiger partial charge in [0, 0.05) is 11.7 Å². The molecule has 1 saturated carbocycles. The Balaban J connectivity index is 2.06. The summed E-state index contributed by atoms with van der Waals surface area (Å²) in [5, 5.41) is 4.19. The first-order valence-corrected chi connectivity index (χ1v) is 5.52. The predicted molar refractivity (Wildman–Crippen MR) is 59.7 cm³/mol. The van der Waals surface area contributed by atoms with Gasteiger partial charge in [0.2, 0.25) is 0 Å². The van der Waals surface area contributed by atoms with Crippen molar-refractivity contribution in [2.24, 2.45) is 0 Å². The van der Waals surface area contributed by atoms with E-state index < -0.39 is 0 Å². The standard InChI is InChI=1S/C11H15ClN2/c1-2-11(6-3-7-11)14-10-5-4-9(12)8-13-10/h4-5,8H,2-3,6-7H2,1H3,(H,13,14). The van der Waals surface area contributed by atoms with Gasteiger partial charge in [-0.25, -0.2) is 4.98 Å². The van der Waals surface area contributed by atoms with Crippen molar-refractivity contribution in [2.45, 2.75) is 38.1 Å². The van der Waals surface area contributed by atoms with Crippen LogP contribution in [0, 0.1) is 0 Å². The molecule has 1 aromatic rings. The lowest BCUT2D eigenvalue weighted by atomic mass is 9.75. The lowest BCUT2D eigenvalue weighted by Gasteiger charge is -2.42. The van der Waals surface area contributed by atoms with Crippen molar-refractivity contribution in [1.82, 2.24) is 4.98 Å². The molecule has 3 heteroatoms. The lowest BCUT2D eigenvalue weighted by molar-refractivity contribution is 0.269. The molecule has 1 N–H and O–H groups in total. The third kappa shape index (κ3) is 1.85. The maximum absolute atomic E-state index is 5.77. The highest BCUT2D eigenvalue weighted by molar-refractivity contribution is 6.30. The Hall–Kier alpha value is -0.760. The van der Waals surface area contributed by atoms with Crippen LogP contribution < -0.4 is 5.32 Å². The maximum atomic E-state index is 5.77. The molecule has 0 amide bonds. The molecule has 1 aliphatic carbocycles. The van der Waals surface area contributed by atoms with E-state index in [1.807, 2.05) is 12.1 Å². The van der Waals surface area contributed by atoms with Gasteiger partial charge in [-0.05, 0) is 37.8 Å². The Morgan fingerprint density at radius 2 is 2.29 bits per heavy atom. The zero-order chi connectivity index (χ0) is 10.0. The molecule has 1 heterocycles. The average molecular weight is 211 g/mol. The Labute approximate surface area is 89.7 Å². The number of nitrogens with zero attached hydrogens (tertiary/aromatic N) is 1. The number of rotatable bonds is 3. The summed E-state index contributed by atoms with van der Waals surface area (Å²) in [5.74, 6) is 0.941. The molecular formula is C11H15ClN2. The number of anilines is 1. The van der Waals surface area contributed by atoms with Crippen LogP contribution in [0.4, 0.5) is 5.82 Å². The fraction of sp³-hybridized carbons (Fsp3) is 0.545. The van der Waals surface area contributed by atoms with Gasteiger partial charge < -0.3 is 5.32 Å². The van der Waals surface area contributed by atoms with Gasteiger partial charge in [-0.15, -0.1) is 0 Å². The molecule has 0 bridgehead atoms. The molecule has 0 radical (unpaired) electrons. The highest BCUT2D eigenvalue weighted by Gasteiger charge is 2.34.